The topological polar surface area (TPSA) is 80.8 Å². The molecular weight excluding hydrogens is 394 g/mol. The van der Waals surface area contributed by atoms with E-state index in [1.165, 1.54) is 0 Å². The van der Waals surface area contributed by atoms with Gasteiger partial charge in [-0.15, -0.1) is 0 Å². The van der Waals surface area contributed by atoms with Crippen LogP contribution in [0.5, 0.6) is 11.5 Å². The predicted molar refractivity (Wildman–Crippen MR) is 120 cm³/mol. The number of anilines is 1. The third-order valence-corrected chi connectivity index (χ3v) is 5.16. The van der Waals surface area contributed by atoms with E-state index >= 15 is 0 Å². The zero-order valence-electron chi connectivity index (χ0n) is 18.0. The number of methoxy groups -OCH3 is 1. The molecule has 0 aliphatic carbocycles. The molecule has 164 valence electrons. The van der Waals surface area contributed by atoms with Crippen LogP contribution in [0.15, 0.2) is 48.7 Å². The van der Waals surface area contributed by atoms with Crippen molar-refractivity contribution in [2.24, 2.45) is 5.92 Å². The minimum atomic E-state index is -0.116. The van der Waals surface area contributed by atoms with Crippen LogP contribution in [0.3, 0.4) is 0 Å². The van der Waals surface area contributed by atoms with Gasteiger partial charge in [-0.05, 0) is 55.2 Å². The molecule has 1 fully saturated rings. The van der Waals surface area contributed by atoms with Gasteiger partial charge in [0.25, 0.3) is 0 Å². The summed E-state index contributed by atoms with van der Waals surface area (Å²) >= 11 is 0. The normalized spacial score (nSPS) is 14.5. The maximum atomic E-state index is 12.6. The lowest BCUT2D eigenvalue weighted by Crippen LogP contribution is -2.40. The van der Waals surface area contributed by atoms with Gasteiger partial charge in [-0.1, -0.05) is 19.1 Å². The minimum Gasteiger partial charge on any atom is -0.493 e. The molecule has 3 rings (SSSR count). The molecule has 2 aromatic rings. The fourth-order valence-corrected chi connectivity index (χ4v) is 3.42. The van der Waals surface area contributed by atoms with Gasteiger partial charge in [0, 0.05) is 31.3 Å². The van der Waals surface area contributed by atoms with Crippen molar-refractivity contribution in [2.75, 3.05) is 32.1 Å². The van der Waals surface area contributed by atoms with Crippen LogP contribution in [0.4, 0.5) is 5.82 Å². The summed E-state index contributed by atoms with van der Waals surface area (Å²) in [6, 6.07) is 11.0. The van der Waals surface area contributed by atoms with Crippen LogP contribution in [0.2, 0.25) is 0 Å². The number of likely N-dealkylation sites (tertiary alicyclic amines) is 1. The first-order chi connectivity index (χ1) is 15.1. The highest BCUT2D eigenvalue weighted by atomic mass is 16.5. The van der Waals surface area contributed by atoms with E-state index in [1.807, 2.05) is 31.2 Å². The van der Waals surface area contributed by atoms with E-state index in [1.54, 1.807) is 42.5 Å². The first-order valence-electron chi connectivity index (χ1n) is 10.6. The smallest absolute Gasteiger partial charge is 0.246 e. The molecule has 0 atom stereocenters. The van der Waals surface area contributed by atoms with E-state index in [-0.39, 0.29) is 17.7 Å². The van der Waals surface area contributed by atoms with Crippen molar-refractivity contribution in [1.29, 1.82) is 0 Å². The molecule has 2 amide bonds. The molecule has 0 radical (unpaired) electrons. The summed E-state index contributed by atoms with van der Waals surface area (Å²) in [5, 5.41) is 2.84. The van der Waals surface area contributed by atoms with Gasteiger partial charge in [0.2, 0.25) is 11.8 Å². The van der Waals surface area contributed by atoms with E-state index in [4.69, 9.17) is 9.47 Å². The molecule has 2 heterocycles. The highest BCUT2D eigenvalue weighted by Gasteiger charge is 2.26. The molecule has 0 bridgehead atoms. The Morgan fingerprint density at radius 1 is 1.19 bits per heavy atom. The zero-order chi connectivity index (χ0) is 22.1. The molecule has 0 saturated carbocycles. The van der Waals surface area contributed by atoms with E-state index in [2.05, 4.69) is 10.3 Å². The molecule has 1 saturated heterocycles. The van der Waals surface area contributed by atoms with Crippen molar-refractivity contribution in [2.45, 2.75) is 26.2 Å². The highest BCUT2D eigenvalue weighted by Crippen LogP contribution is 2.28. The van der Waals surface area contributed by atoms with Crippen LogP contribution in [-0.2, 0) is 9.59 Å². The number of carbonyl (C=O) groups is 2. The third-order valence-electron chi connectivity index (χ3n) is 5.16. The van der Waals surface area contributed by atoms with E-state index in [0.29, 0.717) is 49.9 Å². The van der Waals surface area contributed by atoms with Crippen molar-refractivity contribution in [1.82, 2.24) is 9.88 Å². The van der Waals surface area contributed by atoms with Gasteiger partial charge in [0.05, 0.1) is 13.7 Å². The summed E-state index contributed by atoms with van der Waals surface area (Å²) in [6.07, 6.45) is 7.17. The van der Waals surface area contributed by atoms with E-state index in [9.17, 15) is 9.59 Å². The van der Waals surface area contributed by atoms with Gasteiger partial charge in [-0.3, -0.25) is 9.59 Å². The monoisotopic (exact) mass is 423 g/mol. The Hall–Kier alpha value is -3.35. The van der Waals surface area contributed by atoms with Crippen molar-refractivity contribution in [3.05, 3.63) is 54.2 Å². The van der Waals surface area contributed by atoms with Crippen LogP contribution in [0.25, 0.3) is 6.08 Å². The van der Waals surface area contributed by atoms with E-state index < -0.39 is 0 Å². The van der Waals surface area contributed by atoms with Gasteiger partial charge < -0.3 is 19.7 Å². The number of nitrogens with one attached hydrogen (secondary N) is 1. The summed E-state index contributed by atoms with van der Waals surface area (Å²) in [4.78, 5) is 30.9. The molecule has 7 nitrogen and oxygen atoms in total. The summed E-state index contributed by atoms with van der Waals surface area (Å²) < 4.78 is 11.0. The zero-order valence-corrected chi connectivity index (χ0v) is 18.0. The average Bonchev–Trinajstić information content (AvgIpc) is 2.82. The number of pyridine rings is 1. The molecular formula is C24H29N3O4. The molecule has 1 N–H and O–H groups in total. The lowest BCUT2D eigenvalue weighted by molar-refractivity contribution is -0.130. The number of piperidine rings is 1. The van der Waals surface area contributed by atoms with E-state index in [0.717, 1.165) is 12.0 Å². The van der Waals surface area contributed by atoms with Gasteiger partial charge >= 0.3 is 0 Å². The molecule has 7 heteroatoms. The minimum absolute atomic E-state index is 0.0428. The Bertz CT molecular complexity index is 906. The van der Waals surface area contributed by atoms with Gasteiger partial charge in [0.1, 0.15) is 5.82 Å². The fraction of sp³-hybridized carbons (Fsp3) is 0.375. The maximum absolute atomic E-state index is 12.6. The number of hydrogen-bond donors (Lipinski definition) is 1. The molecule has 0 unspecified atom stereocenters. The van der Waals surface area contributed by atoms with Gasteiger partial charge in [-0.25, -0.2) is 4.98 Å². The van der Waals surface area contributed by atoms with Gasteiger partial charge in [0.15, 0.2) is 11.5 Å². The second-order valence-corrected chi connectivity index (χ2v) is 7.40. The summed E-state index contributed by atoms with van der Waals surface area (Å²) in [7, 11) is 1.60. The molecule has 1 aromatic carbocycles. The molecule has 1 aromatic heterocycles. The van der Waals surface area contributed by atoms with Crippen LogP contribution >= 0.6 is 0 Å². The van der Waals surface area contributed by atoms with Crippen LogP contribution in [-0.4, -0.2) is 48.5 Å². The van der Waals surface area contributed by atoms with Crippen molar-refractivity contribution in [3.8, 4) is 11.5 Å². The van der Waals surface area contributed by atoms with Crippen LogP contribution < -0.4 is 14.8 Å². The number of aromatic nitrogens is 1. The Labute approximate surface area is 183 Å². The Morgan fingerprint density at radius 3 is 2.68 bits per heavy atom. The number of nitrogens with zero attached hydrogens (tertiary/aromatic N) is 2. The Balaban J connectivity index is 1.51. The first kappa shape index (κ1) is 22.3. The van der Waals surface area contributed by atoms with Gasteiger partial charge in [-0.2, -0.15) is 0 Å². The molecule has 0 spiro atoms. The van der Waals surface area contributed by atoms with Crippen molar-refractivity contribution < 1.29 is 19.1 Å². The average molecular weight is 424 g/mol. The predicted octanol–water partition coefficient (Wildman–Crippen LogP) is 3.77. The number of ether oxygens (including phenoxy) is 2. The SMILES string of the molecule is CCCOc1ccc(C=CC(=O)N2CCC(C(=O)Nc3ccccn3)CC2)cc1OC. The number of benzene rings is 1. The summed E-state index contributed by atoms with van der Waals surface area (Å²) in [6.45, 7) is 3.78. The second kappa shape index (κ2) is 11.2. The first-order valence-corrected chi connectivity index (χ1v) is 10.6. The molecule has 1 aliphatic rings. The van der Waals surface area contributed by atoms with Crippen molar-refractivity contribution in [3.63, 3.8) is 0 Å². The highest BCUT2D eigenvalue weighted by molar-refractivity contribution is 5.93. The lowest BCUT2D eigenvalue weighted by Gasteiger charge is -2.30. The summed E-state index contributed by atoms with van der Waals surface area (Å²) in [5.41, 5.74) is 0.860. The quantitative estimate of drug-likeness (QED) is 0.654. The number of amides is 2. The number of hydrogen-bond acceptors (Lipinski definition) is 5. The van der Waals surface area contributed by atoms with Crippen molar-refractivity contribution >= 4 is 23.7 Å². The second-order valence-electron chi connectivity index (χ2n) is 7.40. The Kier molecular flexibility index (Phi) is 8.04. The number of carbonyl (C=O) groups excluding carboxylic acids is 2. The van der Waals surface area contributed by atoms with Crippen LogP contribution in [0, 0.1) is 5.92 Å². The number of rotatable bonds is 8. The lowest BCUT2D eigenvalue weighted by atomic mass is 9.96. The summed E-state index contributed by atoms with van der Waals surface area (Å²) in [5.74, 6) is 1.67. The standard InChI is InChI=1S/C24H29N3O4/c1-3-16-31-20-9-7-18(17-21(20)30-2)8-10-23(28)27-14-11-19(12-15-27)24(29)26-22-6-4-5-13-25-22/h4-10,13,17,19H,3,11-12,14-16H2,1-2H3,(H,25,26,29). The fourth-order valence-electron chi connectivity index (χ4n) is 3.42. The Morgan fingerprint density at radius 2 is 2.00 bits per heavy atom. The maximum Gasteiger partial charge on any atom is 0.246 e. The molecule has 1 aliphatic heterocycles. The molecule has 31 heavy (non-hydrogen) atoms. The largest absolute Gasteiger partial charge is 0.493 e. The third kappa shape index (κ3) is 6.31. The van der Waals surface area contributed by atoms with Crippen LogP contribution in [0.1, 0.15) is 31.7 Å².